The maximum Gasteiger partial charge on any atom is 0.235 e. The molecule has 0 amide bonds. The summed E-state index contributed by atoms with van der Waals surface area (Å²) in [6, 6.07) is 0. The quantitative estimate of drug-likeness (QED) is 0.687. The average Bonchev–Trinajstić information content (AvgIpc) is 2.93. The van der Waals surface area contributed by atoms with Crippen LogP contribution in [0.25, 0.3) is 11.2 Å². The maximum absolute atomic E-state index is 6.02. The van der Waals surface area contributed by atoms with Gasteiger partial charge in [0.1, 0.15) is 6.23 Å². The van der Waals surface area contributed by atoms with Crippen LogP contribution in [-0.4, -0.2) is 25.9 Å². The van der Waals surface area contributed by atoms with E-state index in [4.69, 9.17) is 16.3 Å². The molecule has 2 aromatic heterocycles. The molecule has 1 fully saturated rings. The van der Waals surface area contributed by atoms with Crippen LogP contribution in [0.4, 0.5) is 0 Å². The average molecular weight is 304 g/mol. The molecule has 0 saturated carbocycles. The predicted octanol–water partition coefficient (Wildman–Crippen LogP) is -1.37. The molecule has 1 saturated heterocycles. The fourth-order valence-electron chi connectivity index (χ4n) is 2.53. The zero-order chi connectivity index (χ0) is 12.7. The van der Waals surface area contributed by atoms with Crippen molar-refractivity contribution in [2.75, 3.05) is 0 Å². The van der Waals surface area contributed by atoms with Crippen molar-refractivity contribution < 1.29 is 22.4 Å². The Morgan fingerprint density at radius 3 is 3.00 bits per heavy atom. The molecule has 0 spiro atoms. The first-order chi connectivity index (χ1) is 8.70. The lowest BCUT2D eigenvalue weighted by Gasteiger charge is -2.13. The highest BCUT2D eigenvalue weighted by Gasteiger charge is 2.33. The Morgan fingerprint density at radius 1 is 1.53 bits per heavy atom. The smallest absolute Gasteiger partial charge is 0.235 e. The number of nitrogens with one attached hydrogen (secondary N) is 1. The zero-order valence-electron chi connectivity index (χ0n) is 10.7. The van der Waals surface area contributed by atoms with E-state index in [-0.39, 0.29) is 18.6 Å². The Balaban J connectivity index is 0.00000133. The maximum atomic E-state index is 6.02. The van der Waals surface area contributed by atoms with E-state index in [1.54, 1.807) is 6.33 Å². The molecular formula is C11H15Cl2N5O. The van der Waals surface area contributed by atoms with Crippen LogP contribution in [0.2, 0.25) is 5.15 Å². The number of fused-ring (bicyclic) bond motifs is 1. The van der Waals surface area contributed by atoms with Crippen LogP contribution in [0, 0.1) is 5.92 Å². The van der Waals surface area contributed by atoms with Gasteiger partial charge in [-0.3, -0.25) is 4.57 Å². The summed E-state index contributed by atoms with van der Waals surface area (Å²) >= 11 is 5.96. The van der Waals surface area contributed by atoms with Gasteiger partial charge in [0, 0.05) is 15.4 Å². The first kappa shape index (κ1) is 14.4. The summed E-state index contributed by atoms with van der Waals surface area (Å²) in [4.78, 5) is 4.24. The van der Waals surface area contributed by atoms with Crippen molar-refractivity contribution in [3.63, 3.8) is 0 Å². The van der Waals surface area contributed by atoms with Gasteiger partial charge in [-0.15, -0.1) is 0 Å². The van der Waals surface area contributed by atoms with E-state index in [1.165, 1.54) is 0 Å². The zero-order valence-corrected chi connectivity index (χ0v) is 12.2. The van der Waals surface area contributed by atoms with Crippen LogP contribution in [0.5, 0.6) is 0 Å². The van der Waals surface area contributed by atoms with E-state index >= 15 is 0 Å². The van der Waals surface area contributed by atoms with Crippen molar-refractivity contribution in [3.05, 3.63) is 11.5 Å². The number of rotatable bonds is 2. The normalized spacial score (nSPS) is 26.6. The van der Waals surface area contributed by atoms with Crippen molar-refractivity contribution >= 4 is 22.8 Å². The standard InChI is InChI=1S/C11H14ClN5O.ClH/c1-3-7-6(2)4-8(18-7)17-5-13-9-10(12)14-16-15-11(9)17;/h5-8H,3-4H2,1-2H3;1H/t6?,7-,8-;/m1./s1. The van der Waals surface area contributed by atoms with Crippen molar-refractivity contribution in [2.24, 2.45) is 5.92 Å². The molecule has 3 atom stereocenters. The number of ether oxygens (including phenoxy) is 1. The number of hydrogen-bond acceptors (Lipinski definition) is 4. The monoisotopic (exact) mass is 303 g/mol. The number of H-pyrrole nitrogens is 1. The summed E-state index contributed by atoms with van der Waals surface area (Å²) in [5.41, 5.74) is 1.29. The lowest BCUT2D eigenvalue weighted by atomic mass is 10.0. The van der Waals surface area contributed by atoms with Crippen molar-refractivity contribution in [1.29, 1.82) is 0 Å². The summed E-state index contributed by atoms with van der Waals surface area (Å²) in [7, 11) is 0. The van der Waals surface area contributed by atoms with E-state index in [0.717, 1.165) is 12.8 Å². The van der Waals surface area contributed by atoms with Crippen LogP contribution in [0.3, 0.4) is 0 Å². The van der Waals surface area contributed by atoms with Gasteiger partial charge in [-0.25, -0.2) is 4.98 Å². The third-order valence-corrected chi connectivity index (χ3v) is 3.78. The van der Waals surface area contributed by atoms with Gasteiger partial charge in [0.15, 0.2) is 5.52 Å². The Bertz CT molecular complexity index is 575. The molecule has 6 nitrogen and oxygen atoms in total. The molecule has 0 bridgehead atoms. The van der Waals surface area contributed by atoms with Gasteiger partial charge in [-0.2, -0.15) is 0 Å². The molecule has 1 aliphatic rings. The number of halogens is 2. The first-order valence-corrected chi connectivity index (χ1v) is 6.50. The molecule has 104 valence electrons. The van der Waals surface area contributed by atoms with Crippen LogP contribution < -0.4 is 17.6 Å². The van der Waals surface area contributed by atoms with Crippen LogP contribution in [0.1, 0.15) is 32.9 Å². The predicted molar refractivity (Wildman–Crippen MR) is 64.9 cm³/mol. The van der Waals surface area contributed by atoms with E-state index in [9.17, 15) is 0 Å². The van der Waals surface area contributed by atoms with Crippen LogP contribution in [-0.2, 0) is 4.74 Å². The molecule has 0 aromatic carbocycles. The van der Waals surface area contributed by atoms with Gasteiger partial charge >= 0.3 is 0 Å². The van der Waals surface area contributed by atoms with Gasteiger partial charge in [0.25, 0.3) is 0 Å². The van der Waals surface area contributed by atoms with Crippen molar-refractivity contribution in [2.45, 2.75) is 39.0 Å². The summed E-state index contributed by atoms with van der Waals surface area (Å²) in [6.07, 6.45) is 3.98. The Hall–Kier alpha value is -0.980. The van der Waals surface area contributed by atoms with Crippen LogP contribution >= 0.6 is 11.6 Å². The summed E-state index contributed by atoms with van der Waals surface area (Å²) in [6.45, 7) is 4.35. The highest BCUT2D eigenvalue weighted by atomic mass is 35.5. The molecule has 2 aromatic rings. The first-order valence-electron chi connectivity index (χ1n) is 6.12. The van der Waals surface area contributed by atoms with Gasteiger partial charge in [0.05, 0.1) is 12.4 Å². The molecule has 3 rings (SSSR count). The topological polar surface area (TPSA) is 67.0 Å². The lowest BCUT2D eigenvalue weighted by Crippen LogP contribution is -3.00. The molecule has 8 heteroatoms. The van der Waals surface area contributed by atoms with Gasteiger partial charge in [-0.05, 0) is 18.8 Å². The number of imidazole rings is 1. The third-order valence-electron chi connectivity index (χ3n) is 3.52. The van der Waals surface area contributed by atoms with Gasteiger partial charge < -0.3 is 17.1 Å². The largest absolute Gasteiger partial charge is 1.00 e. The number of aromatic nitrogens is 5. The van der Waals surface area contributed by atoms with Crippen molar-refractivity contribution in [1.82, 2.24) is 19.7 Å². The van der Waals surface area contributed by atoms with Gasteiger partial charge in [-0.1, -0.05) is 25.4 Å². The Morgan fingerprint density at radius 2 is 2.32 bits per heavy atom. The molecule has 0 radical (unpaired) electrons. The molecule has 1 unspecified atom stereocenters. The fourth-order valence-corrected chi connectivity index (χ4v) is 2.70. The summed E-state index contributed by atoms with van der Waals surface area (Å²) in [5.74, 6) is 0.540. The third kappa shape index (κ3) is 2.40. The highest BCUT2D eigenvalue weighted by Crippen LogP contribution is 2.35. The number of aromatic amines is 1. The molecular weight excluding hydrogens is 289 g/mol. The minimum absolute atomic E-state index is 0. The van der Waals surface area contributed by atoms with E-state index in [1.807, 2.05) is 4.57 Å². The molecule has 1 N–H and O–H groups in total. The second-order valence-electron chi connectivity index (χ2n) is 4.69. The Labute approximate surface area is 121 Å². The highest BCUT2D eigenvalue weighted by molar-refractivity contribution is 6.33. The molecule has 3 heterocycles. The second kappa shape index (κ2) is 5.56. The lowest BCUT2D eigenvalue weighted by molar-refractivity contribution is -0.522. The van der Waals surface area contributed by atoms with Crippen molar-refractivity contribution in [3.8, 4) is 0 Å². The second-order valence-corrected chi connectivity index (χ2v) is 5.05. The van der Waals surface area contributed by atoms with E-state index in [2.05, 4.69) is 34.2 Å². The molecule has 1 aliphatic heterocycles. The Kier molecular flexibility index (Phi) is 4.23. The van der Waals surface area contributed by atoms with E-state index in [0.29, 0.717) is 28.3 Å². The van der Waals surface area contributed by atoms with E-state index < -0.39 is 0 Å². The minimum atomic E-state index is -0.0192. The minimum Gasteiger partial charge on any atom is -1.00 e. The molecule has 19 heavy (non-hydrogen) atoms. The van der Waals surface area contributed by atoms with Gasteiger partial charge in [0.2, 0.25) is 10.8 Å². The summed E-state index contributed by atoms with van der Waals surface area (Å²) in [5, 5.41) is 10.8. The van der Waals surface area contributed by atoms with Crippen LogP contribution in [0.15, 0.2) is 6.33 Å². The fraction of sp³-hybridized carbons (Fsp3) is 0.636. The number of hydrogen-bond donors (Lipinski definition) is 0. The summed E-state index contributed by atoms with van der Waals surface area (Å²) < 4.78 is 7.94. The molecule has 0 aliphatic carbocycles. The number of nitrogens with zero attached hydrogens (tertiary/aromatic N) is 4. The SMILES string of the molecule is CC[C@H]1O[C@@H](n2cnc3c(Cl)n[nH+]nc32)CC1C.[Cl-].